The predicted molar refractivity (Wildman–Crippen MR) is 64.5 cm³/mol. The molecule has 1 aromatic rings. The van der Waals surface area contributed by atoms with Gasteiger partial charge in [-0.25, -0.2) is 0 Å². The van der Waals surface area contributed by atoms with E-state index >= 15 is 0 Å². The van der Waals surface area contributed by atoms with Gasteiger partial charge in [-0.15, -0.1) is 0 Å². The zero-order chi connectivity index (χ0) is 11.5. The number of benzene rings is 1. The van der Waals surface area contributed by atoms with Gasteiger partial charge in [-0.05, 0) is 12.1 Å². The number of hydrogen-bond donors (Lipinski definition) is 1. The van der Waals surface area contributed by atoms with Crippen LogP contribution in [0.5, 0.6) is 17.2 Å². The van der Waals surface area contributed by atoms with Gasteiger partial charge in [0.05, 0.1) is 14.2 Å². The Balaban J connectivity index is 2.30. The molecule has 1 aromatic carbocycles. The van der Waals surface area contributed by atoms with Gasteiger partial charge in [-0.3, -0.25) is 0 Å². The predicted octanol–water partition coefficient (Wildman–Crippen LogP) is 1.82. The highest BCUT2D eigenvalue weighted by Crippen LogP contribution is 2.40. The summed E-state index contributed by atoms with van der Waals surface area (Å²) in [7, 11) is 3.24. The average Bonchev–Trinajstić information content (AvgIpc) is 2.23. The van der Waals surface area contributed by atoms with E-state index in [9.17, 15) is 0 Å². The Bertz CT molecular complexity index is 354. The molecule has 1 saturated heterocycles. The van der Waals surface area contributed by atoms with Gasteiger partial charge in [0.2, 0.25) is 5.75 Å². The maximum absolute atomic E-state index is 5.82. The molecule has 0 bridgehead atoms. The van der Waals surface area contributed by atoms with Gasteiger partial charge >= 0.3 is 0 Å². The minimum absolute atomic E-state index is 0.198. The number of hydrogen-bond acceptors (Lipinski definition) is 4. The average molecular weight is 288 g/mol. The van der Waals surface area contributed by atoms with Crippen molar-refractivity contribution in [3.8, 4) is 17.2 Å². The molecule has 1 aliphatic heterocycles. The molecule has 0 aromatic heterocycles. The van der Waals surface area contributed by atoms with Crippen molar-refractivity contribution in [2.75, 3.05) is 27.3 Å². The molecule has 0 amide bonds. The second kappa shape index (κ2) is 4.93. The van der Waals surface area contributed by atoms with Crippen molar-refractivity contribution in [1.29, 1.82) is 0 Å². The summed E-state index contributed by atoms with van der Waals surface area (Å²) in [5.74, 6) is 2.02. The van der Waals surface area contributed by atoms with Crippen LogP contribution in [0.4, 0.5) is 0 Å². The van der Waals surface area contributed by atoms with Crippen molar-refractivity contribution in [2.45, 2.75) is 6.10 Å². The highest BCUT2D eigenvalue weighted by Gasteiger charge is 2.23. The zero-order valence-electron chi connectivity index (χ0n) is 9.25. The summed E-state index contributed by atoms with van der Waals surface area (Å²) < 4.78 is 17.3. The number of halogens is 1. The van der Waals surface area contributed by atoms with Gasteiger partial charge < -0.3 is 19.5 Å². The fourth-order valence-electron chi connectivity index (χ4n) is 1.48. The summed E-state index contributed by atoms with van der Waals surface area (Å²) in [6.45, 7) is 1.73. The Kier molecular flexibility index (Phi) is 3.56. The van der Waals surface area contributed by atoms with Gasteiger partial charge in [-0.1, -0.05) is 15.9 Å². The van der Waals surface area contributed by atoms with Crippen molar-refractivity contribution in [2.24, 2.45) is 0 Å². The van der Waals surface area contributed by atoms with Crippen molar-refractivity contribution in [1.82, 2.24) is 5.32 Å². The Hall–Kier alpha value is -0.940. The largest absolute Gasteiger partial charge is 0.493 e. The Morgan fingerprint density at radius 3 is 2.12 bits per heavy atom. The van der Waals surface area contributed by atoms with Gasteiger partial charge in [0.25, 0.3) is 0 Å². The number of rotatable bonds is 4. The normalized spacial score (nSPS) is 15.4. The molecule has 1 fully saturated rings. The van der Waals surface area contributed by atoms with Crippen LogP contribution in [0.15, 0.2) is 16.6 Å². The first-order chi connectivity index (χ1) is 7.74. The maximum atomic E-state index is 5.82. The van der Waals surface area contributed by atoms with E-state index in [1.54, 1.807) is 14.2 Å². The van der Waals surface area contributed by atoms with E-state index in [0.717, 1.165) is 17.6 Å². The van der Waals surface area contributed by atoms with Crippen molar-refractivity contribution in [3.05, 3.63) is 16.6 Å². The third kappa shape index (κ3) is 2.25. The van der Waals surface area contributed by atoms with E-state index in [4.69, 9.17) is 14.2 Å². The standard InChI is InChI=1S/C11H14BrNO3/c1-14-9-3-7(12)4-10(15-2)11(9)16-8-5-13-6-8/h3-4,8,13H,5-6H2,1-2H3. The van der Waals surface area contributed by atoms with Crippen molar-refractivity contribution in [3.63, 3.8) is 0 Å². The quantitative estimate of drug-likeness (QED) is 0.917. The first kappa shape index (κ1) is 11.5. The highest BCUT2D eigenvalue weighted by molar-refractivity contribution is 9.10. The lowest BCUT2D eigenvalue weighted by atomic mass is 10.2. The molecular formula is C11H14BrNO3. The summed E-state index contributed by atoms with van der Waals surface area (Å²) in [6.07, 6.45) is 0.198. The Labute approximate surface area is 103 Å². The molecular weight excluding hydrogens is 274 g/mol. The molecule has 0 aliphatic carbocycles. The van der Waals surface area contributed by atoms with Gasteiger partial charge in [0.15, 0.2) is 11.5 Å². The third-order valence-corrected chi connectivity index (χ3v) is 2.91. The van der Waals surface area contributed by atoms with Crippen LogP contribution in [0.1, 0.15) is 0 Å². The first-order valence-corrected chi connectivity index (χ1v) is 5.82. The molecule has 16 heavy (non-hydrogen) atoms. The minimum atomic E-state index is 0.198. The third-order valence-electron chi connectivity index (χ3n) is 2.45. The molecule has 4 nitrogen and oxygen atoms in total. The number of methoxy groups -OCH3 is 2. The van der Waals surface area contributed by atoms with Crippen LogP contribution in [0, 0.1) is 0 Å². The molecule has 0 unspecified atom stereocenters. The molecule has 1 heterocycles. The number of ether oxygens (including phenoxy) is 3. The van der Waals surface area contributed by atoms with Crippen LogP contribution >= 0.6 is 15.9 Å². The molecule has 0 atom stereocenters. The highest BCUT2D eigenvalue weighted by atomic mass is 79.9. The van der Waals surface area contributed by atoms with E-state index < -0.39 is 0 Å². The Morgan fingerprint density at radius 2 is 1.75 bits per heavy atom. The van der Waals surface area contributed by atoms with Crippen LogP contribution in [-0.2, 0) is 0 Å². The zero-order valence-corrected chi connectivity index (χ0v) is 10.8. The van der Waals surface area contributed by atoms with Crippen LogP contribution in [0.3, 0.4) is 0 Å². The van der Waals surface area contributed by atoms with E-state index in [-0.39, 0.29) is 6.10 Å². The van der Waals surface area contributed by atoms with Crippen LogP contribution in [0.2, 0.25) is 0 Å². The minimum Gasteiger partial charge on any atom is -0.493 e. The smallest absolute Gasteiger partial charge is 0.203 e. The molecule has 0 radical (unpaired) electrons. The molecule has 88 valence electrons. The van der Waals surface area contributed by atoms with Crippen molar-refractivity contribution < 1.29 is 14.2 Å². The van der Waals surface area contributed by atoms with E-state index in [1.807, 2.05) is 12.1 Å². The van der Waals surface area contributed by atoms with E-state index in [0.29, 0.717) is 17.2 Å². The van der Waals surface area contributed by atoms with E-state index in [1.165, 1.54) is 0 Å². The fourth-order valence-corrected chi connectivity index (χ4v) is 1.89. The summed E-state index contributed by atoms with van der Waals surface area (Å²) in [4.78, 5) is 0. The van der Waals surface area contributed by atoms with Crippen LogP contribution < -0.4 is 19.5 Å². The second-order valence-electron chi connectivity index (χ2n) is 3.54. The fraction of sp³-hybridized carbons (Fsp3) is 0.455. The maximum Gasteiger partial charge on any atom is 0.203 e. The topological polar surface area (TPSA) is 39.7 Å². The number of nitrogens with one attached hydrogen (secondary N) is 1. The van der Waals surface area contributed by atoms with Crippen LogP contribution in [0.25, 0.3) is 0 Å². The lowest BCUT2D eigenvalue weighted by Crippen LogP contribution is -2.50. The molecule has 2 rings (SSSR count). The summed E-state index contributed by atoms with van der Waals surface area (Å²) >= 11 is 3.40. The Morgan fingerprint density at radius 1 is 1.19 bits per heavy atom. The molecule has 0 saturated carbocycles. The lowest BCUT2D eigenvalue weighted by molar-refractivity contribution is 0.132. The SMILES string of the molecule is COc1cc(Br)cc(OC)c1OC1CNC1. The van der Waals surface area contributed by atoms with E-state index in [2.05, 4.69) is 21.2 Å². The molecule has 1 N–H and O–H groups in total. The van der Waals surface area contributed by atoms with Gasteiger partial charge in [-0.2, -0.15) is 0 Å². The first-order valence-electron chi connectivity index (χ1n) is 5.03. The second-order valence-corrected chi connectivity index (χ2v) is 4.45. The van der Waals surface area contributed by atoms with Crippen LogP contribution in [-0.4, -0.2) is 33.4 Å². The van der Waals surface area contributed by atoms with Crippen molar-refractivity contribution >= 4 is 15.9 Å². The molecule has 1 aliphatic rings. The van der Waals surface area contributed by atoms with Gasteiger partial charge in [0, 0.05) is 17.6 Å². The molecule has 0 spiro atoms. The molecule has 5 heteroatoms. The summed E-state index contributed by atoms with van der Waals surface area (Å²) in [5.41, 5.74) is 0. The summed E-state index contributed by atoms with van der Waals surface area (Å²) in [6, 6.07) is 3.73. The van der Waals surface area contributed by atoms with Gasteiger partial charge in [0.1, 0.15) is 6.10 Å². The monoisotopic (exact) mass is 287 g/mol. The lowest BCUT2D eigenvalue weighted by Gasteiger charge is -2.29. The summed E-state index contributed by atoms with van der Waals surface area (Å²) in [5, 5.41) is 3.15.